The van der Waals surface area contributed by atoms with Crippen molar-refractivity contribution in [1.82, 2.24) is 9.80 Å². The summed E-state index contributed by atoms with van der Waals surface area (Å²) in [7, 11) is 2.15. The number of likely N-dealkylation sites (N-methyl/N-ethyl adjacent to an activating group) is 1. The molecule has 1 aromatic rings. The minimum atomic E-state index is -0.0387. The smallest absolute Gasteiger partial charge is 0.0712 e. The van der Waals surface area contributed by atoms with Crippen LogP contribution in [0, 0.1) is 0 Å². The Morgan fingerprint density at radius 3 is 2.39 bits per heavy atom. The lowest BCUT2D eigenvalue weighted by atomic mass is 10.1. The normalized spacial score (nSPS) is 20.0. The molecule has 1 atom stereocenters. The summed E-state index contributed by atoms with van der Waals surface area (Å²) >= 11 is 18.4. The van der Waals surface area contributed by atoms with Gasteiger partial charge in [0.15, 0.2) is 0 Å². The maximum absolute atomic E-state index is 6.44. The molecule has 18 heavy (non-hydrogen) atoms. The molecule has 0 aliphatic carbocycles. The quantitative estimate of drug-likeness (QED) is 0.788. The Morgan fingerprint density at radius 1 is 1.11 bits per heavy atom. The average Bonchev–Trinajstić information content (AvgIpc) is 2.35. The fourth-order valence-corrected chi connectivity index (χ4v) is 2.71. The van der Waals surface area contributed by atoms with E-state index < -0.39 is 0 Å². The van der Waals surface area contributed by atoms with Crippen molar-refractivity contribution in [2.24, 2.45) is 0 Å². The van der Waals surface area contributed by atoms with Crippen LogP contribution in [0.5, 0.6) is 0 Å². The molecule has 5 heteroatoms. The Labute approximate surface area is 123 Å². The van der Waals surface area contributed by atoms with Crippen LogP contribution >= 0.6 is 34.8 Å². The molecule has 0 N–H and O–H groups in total. The molecule has 2 nitrogen and oxygen atoms in total. The number of halogens is 3. The van der Waals surface area contributed by atoms with Crippen LogP contribution in [0.1, 0.15) is 10.9 Å². The van der Waals surface area contributed by atoms with Crippen LogP contribution in [0.25, 0.3) is 0 Å². The molecular formula is C13H17Cl3N2. The van der Waals surface area contributed by atoms with Gasteiger partial charge in [0, 0.05) is 32.7 Å². The average molecular weight is 308 g/mol. The van der Waals surface area contributed by atoms with Crippen LogP contribution in [-0.4, -0.2) is 49.6 Å². The number of nitrogens with zero attached hydrogens (tertiary/aromatic N) is 2. The molecule has 0 bridgehead atoms. The number of rotatable bonds is 3. The maximum atomic E-state index is 6.44. The van der Waals surface area contributed by atoms with E-state index in [1.54, 1.807) is 6.07 Å². The second-order valence-corrected chi connectivity index (χ2v) is 6.09. The Balaban J connectivity index is 1.94. The van der Waals surface area contributed by atoms with E-state index in [1.807, 2.05) is 12.1 Å². The van der Waals surface area contributed by atoms with Gasteiger partial charge in [-0.15, -0.1) is 11.6 Å². The van der Waals surface area contributed by atoms with Gasteiger partial charge in [0.1, 0.15) is 0 Å². The molecule has 2 rings (SSSR count). The van der Waals surface area contributed by atoms with Crippen LogP contribution < -0.4 is 0 Å². The SMILES string of the molecule is CN1CCN(CC(Cl)c2ccc(Cl)c(Cl)c2)CC1. The standard InChI is InChI=1S/C13H17Cl3N2/c1-17-4-6-18(7-5-17)9-13(16)10-2-3-11(14)12(15)8-10/h2-3,8,13H,4-7,9H2,1H3. The molecule has 1 aliphatic rings. The van der Waals surface area contributed by atoms with Gasteiger partial charge in [-0.05, 0) is 24.7 Å². The van der Waals surface area contributed by atoms with E-state index in [0.29, 0.717) is 10.0 Å². The van der Waals surface area contributed by atoms with E-state index in [2.05, 4.69) is 16.8 Å². The van der Waals surface area contributed by atoms with Gasteiger partial charge in [0.2, 0.25) is 0 Å². The topological polar surface area (TPSA) is 6.48 Å². The maximum Gasteiger partial charge on any atom is 0.0712 e. The molecule has 0 aromatic heterocycles. The first-order valence-corrected chi connectivity index (χ1v) is 7.25. The van der Waals surface area contributed by atoms with E-state index >= 15 is 0 Å². The highest BCUT2D eigenvalue weighted by molar-refractivity contribution is 6.42. The highest BCUT2D eigenvalue weighted by Crippen LogP contribution is 2.29. The van der Waals surface area contributed by atoms with E-state index in [9.17, 15) is 0 Å². The summed E-state index contributed by atoms with van der Waals surface area (Å²) < 4.78 is 0. The van der Waals surface area contributed by atoms with Crippen molar-refractivity contribution in [2.45, 2.75) is 5.38 Å². The second kappa shape index (κ2) is 6.44. The van der Waals surface area contributed by atoms with Crippen molar-refractivity contribution in [3.8, 4) is 0 Å². The first kappa shape index (κ1) is 14.4. The second-order valence-electron chi connectivity index (χ2n) is 4.74. The molecular weight excluding hydrogens is 291 g/mol. The van der Waals surface area contributed by atoms with Gasteiger partial charge in [0.25, 0.3) is 0 Å². The van der Waals surface area contributed by atoms with Crippen molar-refractivity contribution in [3.05, 3.63) is 33.8 Å². The van der Waals surface area contributed by atoms with E-state index in [1.165, 1.54) is 0 Å². The Kier molecular flexibility index (Phi) is 5.16. The molecule has 1 saturated heterocycles. The summed E-state index contributed by atoms with van der Waals surface area (Å²) in [6.45, 7) is 5.20. The van der Waals surface area contributed by atoms with Gasteiger partial charge >= 0.3 is 0 Å². The van der Waals surface area contributed by atoms with Gasteiger partial charge in [0.05, 0.1) is 15.4 Å². The van der Waals surface area contributed by atoms with E-state index in [0.717, 1.165) is 38.3 Å². The molecule has 1 heterocycles. The highest BCUT2D eigenvalue weighted by Gasteiger charge is 2.18. The zero-order valence-electron chi connectivity index (χ0n) is 10.4. The lowest BCUT2D eigenvalue weighted by Gasteiger charge is -2.33. The Bertz CT molecular complexity index is 403. The van der Waals surface area contributed by atoms with Crippen molar-refractivity contribution in [3.63, 3.8) is 0 Å². The lowest BCUT2D eigenvalue weighted by molar-refractivity contribution is 0.154. The number of benzene rings is 1. The predicted molar refractivity (Wildman–Crippen MR) is 79.0 cm³/mol. The molecule has 0 saturated carbocycles. The number of hydrogen-bond acceptors (Lipinski definition) is 2. The van der Waals surface area contributed by atoms with Gasteiger partial charge in [-0.2, -0.15) is 0 Å². The summed E-state index contributed by atoms with van der Waals surface area (Å²) in [6, 6.07) is 5.61. The van der Waals surface area contributed by atoms with Gasteiger partial charge in [-0.1, -0.05) is 29.3 Å². The zero-order valence-corrected chi connectivity index (χ0v) is 12.6. The van der Waals surface area contributed by atoms with E-state index in [-0.39, 0.29) is 5.38 Å². The van der Waals surface area contributed by atoms with Crippen molar-refractivity contribution in [1.29, 1.82) is 0 Å². The fraction of sp³-hybridized carbons (Fsp3) is 0.538. The van der Waals surface area contributed by atoms with Crippen LogP contribution in [0.3, 0.4) is 0 Å². The minimum Gasteiger partial charge on any atom is -0.304 e. The third-order valence-corrected chi connectivity index (χ3v) is 4.45. The number of alkyl halides is 1. The largest absolute Gasteiger partial charge is 0.304 e. The lowest BCUT2D eigenvalue weighted by Crippen LogP contribution is -2.45. The molecule has 0 amide bonds. The van der Waals surface area contributed by atoms with Crippen LogP contribution in [0.2, 0.25) is 10.0 Å². The molecule has 1 aliphatic heterocycles. The van der Waals surface area contributed by atoms with Crippen molar-refractivity contribution in [2.75, 3.05) is 39.8 Å². The Hall–Kier alpha value is 0.01000. The number of piperazine rings is 1. The van der Waals surface area contributed by atoms with Crippen molar-refractivity contribution < 1.29 is 0 Å². The van der Waals surface area contributed by atoms with Crippen LogP contribution in [-0.2, 0) is 0 Å². The zero-order chi connectivity index (χ0) is 13.1. The van der Waals surface area contributed by atoms with Gasteiger partial charge < -0.3 is 4.90 Å². The summed E-state index contributed by atoms with van der Waals surface area (Å²) in [5, 5.41) is 1.10. The third-order valence-electron chi connectivity index (χ3n) is 3.32. The first-order valence-electron chi connectivity index (χ1n) is 6.06. The summed E-state index contributed by atoms with van der Waals surface area (Å²) in [4.78, 5) is 4.72. The fourth-order valence-electron chi connectivity index (χ4n) is 2.07. The highest BCUT2D eigenvalue weighted by atomic mass is 35.5. The molecule has 1 fully saturated rings. The van der Waals surface area contributed by atoms with Gasteiger partial charge in [-0.25, -0.2) is 0 Å². The van der Waals surface area contributed by atoms with Crippen LogP contribution in [0.4, 0.5) is 0 Å². The summed E-state index contributed by atoms with van der Waals surface area (Å²) in [6.07, 6.45) is 0. The minimum absolute atomic E-state index is 0.0387. The van der Waals surface area contributed by atoms with E-state index in [4.69, 9.17) is 34.8 Å². The monoisotopic (exact) mass is 306 g/mol. The predicted octanol–water partition coefficient (Wildman–Crippen LogP) is 3.52. The Morgan fingerprint density at radius 2 is 1.78 bits per heavy atom. The summed E-state index contributed by atoms with van der Waals surface area (Å²) in [5.74, 6) is 0. The number of hydrogen-bond donors (Lipinski definition) is 0. The third kappa shape index (κ3) is 3.75. The van der Waals surface area contributed by atoms with Crippen molar-refractivity contribution >= 4 is 34.8 Å². The molecule has 0 radical (unpaired) electrons. The van der Waals surface area contributed by atoms with Gasteiger partial charge in [-0.3, -0.25) is 4.90 Å². The molecule has 0 spiro atoms. The molecule has 1 aromatic carbocycles. The first-order chi connectivity index (χ1) is 8.56. The van der Waals surface area contributed by atoms with Crippen LogP contribution in [0.15, 0.2) is 18.2 Å². The summed E-state index contributed by atoms with van der Waals surface area (Å²) in [5.41, 5.74) is 1.03. The molecule has 1 unspecified atom stereocenters. The molecule has 100 valence electrons.